The van der Waals surface area contributed by atoms with Crippen LogP contribution in [0.15, 0.2) is 71.6 Å². The fourth-order valence-corrected chi connectivity index (χ4v) is 3.15. The van der Waals surface area contributed by atoms with Crippen molar-refractivity contribution >= 4 is 11.5 Å². The molecule has 0 aliphatic carbocycles. The lowest BCUT2D eigenvalue weighted by atomic mass is 9.79. The first-order valence-corrected chi connectivity index (χ1v) is 7.98. The number of carbonyl (C=O) groups is 1. The average Bonchev–Trinajstić information content (AvgIpc) is 2.61. The number of hydrogen-bond donors (Lipinski definition) is 1. The Bertz CT molecular complexity index is 934. The molecule has 124 valence electrons. The van der Waals surface area contributed by atoms with E-state index in [1.165, 1.54) is 6.92 Å². The summed E-state index contributed by atoms with van der Waals surface area (Å²) >= 11 is 0. The van der Waals surface area contributed by atoms with E-state index in [4.69, 9.17) is 10.5 Å². The highest BCUT2D eigenvalue weighted by Crippen LogP contribution is 2.43. The van der Waals surface area contributed by atoms with Crippen molar-refractivity contribution in [1.29, 1.82) is 5.26 Å². The van der Waals surface area contributed by atoms with E-state index in [0.29, 0.717) is 11.3 Å². The minimum Gasteiger partial charge on any atom is -0.439 e. The molecule has 4 nitrogen and oxygen atoms in total. The largest absolute Gasteiger partial charge is 0.439 e. The Kier molecular flexibility index (Phi) is 4.40. The number of aryl methyl sites for hydroxylation is 1. The number of nitriles is 1. The van der Waals surface area contributed by atoms with Crippen LogP contribution >= 0.6 is 0 Å². The molecule has 1 aliphatic rings. The van der Waals surface area contributed by atoms with Crippen LogP contribution in [0, 0.1) is 18.3 Å². The van der Waals surface area contributed by atoms with Crippen molar-refractivity contribution in [3.8, 4) is 6.07 Å². The lowest BCUT2D eigenvalue weighted by molar-refractivity contribution is -0.113. The quantitative estimate of drug-likeness (QED) is 0.928. The number of ether oxygens (including phenoxy) is 1. The zero-order valence-electron chi connectivity index (χ0n) is 14.1. The lowest BCUT2D eigenvalue weighted by Gasteiger charge is -2.29. The van der Waals surface area contributed by atoms with Gasteiger partial charge in [0.25, 0.3) is 0 Å². The number of carbonyl (C=O) groups excluding carboxylic acids is 1. The zero-order valence-corrected chi connectivity index (χ0v) is 14.1. The normalized spacial score (nSPS) is 17.1. The molecule has 2 aromatic rings. The number of ketones is 1. The van der Waals surface area contributed by atoms with Crippen molar-refractivity contribution in [3.63, 3.8) is 0 Å². The molecule has 1 atom stereocenters. The summed E-state index contributed by atoms with van der Waals surface area (Å²) in [6.07, 6.45) is 0. The minimum atomic E-state index is -0.535. The fraction of sp³-hybridized carbons (Fsp3) is 0.143. The van der Waals surface area contributed by atoms with Crippen molar-refractivity contribution in [2.75, 3.05) is 0 Å². The molecule has 3 rings (SSSR count). The van der Waals surface area contributed by atoms with E-state index in [2.05, 4.69) is 6.07 Å². The Morgan fingerprint density at radius 2 is 1.76 bits per heavy atom. The number of benzene rings is 2. The third kappa shape index (κ3) is 2.92. The number of Topliss-reactive ketones (excluding diaryl/α,β-unsaturated/α-hetero) is 1. The second-order valence-electron chi connectivity index (χ2n) is 5.95. The van der Waals surface area contributed by atoms with Crippen LogP contribution in [0.3, 0.4) is 0 Å². The second kappa shape index (κ2) is 6.66. The zero-order chi connectivity index (χ0) is 18.0. The third-order valence-corrected chi connectivity index (χ3v) is 4.33. The highest BCUT2D eigenvalue weighted by atomic mass is 16.5. The van der Waals surface area contributed by atoms with Gasteiger partial charge in [-0.3, -0.25) is 4.79 Å². The van der Waals surface area contributed by atoms with Crippen LogP contribution in [-0.4, -0.2) is 5.78 Å². The van der Waals surface area contributed by atoms with Crippen LogP contribution in [0.2, 0.25) is 0 Å². The molecule has 0 aromatic heterocycles. The second-order valence-corrected chi connectivity index (χ2v) is 5.95. The summed E-state index contributed by atoms with van der Waals surface area (Å²) in [6, 6.07) is 19.2. The van der Waals surface area contributed by atoms with Gasteiger partial charge >= 0.3 is 0 Å². The molecule has 4 heteroatoms. The Hall–Kier alpha value is -3.32. The van der Waals surface area contributed by atoms with E-state index in [-0.39, 0.29) is 17.2 Å². The van der Waals surface area contributed by atoms with Gasteiger partial charge in [0, 0.05) is 5.56 Å². The summed E-state index contributed by atoms with van der Waals surface area (Å²) in [5.41, 5.74) is 9.38. The van der Waals surface area contributed by atoms with E-state index < -0.39 is 5.92 Å². The first kappa shape index (κ1) is 16.5. The number of allylic oxidation sites excluding steroid dienone is 2. The summed E-state index contributed by atoms with van der Waals surface area (Å²) in [7, 11) is 0. The fourth-order valence-electron chi connectivity index (χ4n) is 3.15. The van der Waals surface area contributed by atoms with Crippen LogP contribution in [0.4, 0.5) is 0 Å². The van der Waals surface area contributed by atoms with E-state index in [1.54, 1.807) is 0 Å². The molecule has 0 saturated carbocycles. The maximum Gasteiger partial charge on any atom is 0.205 e. The predicted molar refractivity (Wildman–Crippen MR) is 95.9 cm³/mol. The molecular weight excluding hydrogens is 312 g/mol. The van der Waals surface area contributed by atoms with Gasteiger partial charge in [-0.1, -0.05) is 54.6 Å². The molecule has 0 fully saturated rings. The van der Waals surface area contributed by atoms with E-state index in [9.17, 15) is 10.1 Å². The van der Waals surface area contributed by atoms with E-state index >= 15 is 0 Å². The molecule has 0 saturated heterocycles. The maximum atomic E-state index is 12.5. The van der Waals surface area contributed by atoms with Gasteiger partial charge in [-0.15, -0.1) is 0 Å². The Morgan fingerprint density at radius 3 is 2.36 bits per heavy atom. The third-order valence-electron chi connectivity index (χ3n) is 4.33. The van der Waals surface area contributed by atoms with Gasteiger partial charge in [0.15, 0.2) is 5.78 Å². The van der Waals surface area contributed by atoms with Gasteiger partial charge in [0.1, 0.15) is 17.4 Å². The molecule has 0 bridgehead atoms. The summed E-state index contributed by atoms with van der Waals surface area (Å²) in [4.78, 5) is 12.5. The lowest BCUT2D eigenvalue weighted by Crippen LogP contribution is -2.24. The summed E-state index contributed by atoms with van der Waals surface area (Å²) in [5, 5.41) is 9.64. The maximum absolute atomic E-state index is 12.5. The summed E-state index contributed by atoms with van der Waals surface area (Å²) < 4.78 is 5.74. The number of nitrogens with two attached hydrogens (primary N) is 1. The first-order chi connectivity index (χ1) is 12.0. The summed E-state index contributed by atoms with van der Waals surface area (Å²) in [5.74, 6) is -0.225. The molecule has 0 amide bonds. The molecule has 2 aromatic carbocycles. The molecule has 1 aliphatic heterocycles. The van der Waals surface area contributed by atoms with Crippen molar-refractivity contribution in [1.82, 2.24) is 0 Å². The van der Waals surface area contributed by atoms with Crippen LogP contribution in [0.1, 0.15) is 29.5 Å². The average molecular weight is 330 g/mol. The van der Waals surface area contributed by atoms with Crippen LogP contribution in [0.5, 0.6) is 0 Å². The smallest absolute Gasteiger partial charge is 0.205 e. The van der Waals surface area contributed by atoms with Gasteiger partial charge in [-0.2, -0.15) is 5.26 Å². The van der Waals surface area contributed by atoms with Crippen LogP contribution in [0.25, 0.3) is 5.76 Å². The van der Waals surface area contributed by atoms with Gasteiger partial charge in [0.2, 0.25) is 5.88 Å². The van der Waals surface area contributed by atoms with Gasteiger partial charge in [-0.25, -0.2) is 0 Å². The molecule has 0 radical (unpaired) electrons. The van der Waals surface area contributed by atoms with E-state index in [1.807, 2.05) is 61.5 Å². The Labute approximate surface area is 146 Å². The van der Waals surface area contributed by atoms with E-state index in [0.717, 1.165) is 16.7 Å². The number of nitrogens with zero attached hydrogens (tertiary/aromatic N) is 1. The molecule has 0 unspecified atom stereocenters. The topological polar surface area (TPSA) is 76.1 Å². The molecule has 25 heavy (non-hydrogen) atoms. The first-order valence-electron chi connectivity index (χ1n) is 7.98. The van der Waals surface area contributed by atoms with Crippen LogP contribution in [-0.2, 0) is 9.53 Å². The van der Waals surface area contributed by atoms with Crippen molar-refractivity contribution in [2.45, 2.75) is 19.8 Å². The van der Waals surface area contributed by atoms with Crippen molar-refractivity contribution in [2.24, 2.45) is 5.73 Å². The highest BCUT2D eigenvalue weighted by Gasteiger charge is 2.36. The molecule has 2 N–H and O–H groups in total. The Balaban J connectivity index is 2.31. The van der Waals surface area contributed by atoms with Gasteiger partial charge in [0.05, 0.1) is 11.5 Å². The van der Waals surface area contributed by atoms with Gasteiger partial charge in [-0.05, 0) is 25.0 Å². The van der Waals surface area contributed by atoms with Crippen molar-refractivity contribution in [3.05, 3.63) is 88.3 Å². The van der Waals surface area contributed by atoms with Gasteiger partial charge < -0.3 is 10.5 Å². The minimum absolute atomic E-state index is 0.0413. The number of hydrogen-bond acceptors (Lipinski definition) is 4. The summed E-state index contributed by atoms with van der Waals surface area (Å²) in [6.45, 7) is 3.44. The Morgan fingerprint density at radius 1 is 1.12 bits per heavy atom. The number of rotatable bonds is 3. The standard InChI is InChI=1S/C21H18N2O2/c1-13-8-6-7-11-16(13)19-17(12-22)21(23)25-20(18(19)14(2)24)15-9-4-3-5-10-15/h3-11,19H,23H2,1-2H3/t19-/m0/s1. The predicted octanol–water partition coefficient (Wildman–Crippen LogP) is 3.80. The SMILES string of the molecule is CC(=O)C1=C(c2ccccc2)OC(N)=C(C#N)[C@@H]1c1ccccc1C. The monoisotopic (exact) mass is 330 g/mol. The van der Waals surface area contributed by atoms with Crippen LogP contribution < -0.4 is 5.73 Å². The molecule has 0 spiro atoms. The highest BCUT2D eigenvalue weighted by molar-refractivity contribution is 6.03. The van der Waals surface area contributed by atoms with Crippen molar-refractivity contribution < 1.29 is 9.53 Å². The molecule has 1 heterocycles. The molecular formula is C21H18N2O2.